The second kappa shape index (κ2) is 3.67. The van der Waals surface area contributed by atoms with E-state index in [1.54, 1.807) is 18.0 Å². The molecule has 0 aliphatic carbocycles. The van der Waals surface area contributed by atoms with Gasteiger partial charge in [-0.25, -0.2) is 9.30 Å². The Labute approximate surface area is 70.6 Å². The molecule has 0 fully saturated rings. The van der Waals surface area contributed by atoms with Crippen LogP contribution >= 0.6 is 11.8 Å². The van der Waals surface area contributed by atoms with E-state index in [9.17, 15) is 5.21 Å². The summed E-state index contributed by atoms with van der Waals surface area (Å²) in [5.74, 6) is 1.00. The van der Waals surface area contributed by atoms with Crippen molar-refractivity contribution in [3.63, 3.8) is 0 Å². The molecule has 1 rings (SSSR count). The van der Waals surface area contributed by atoms with Gasteiger partial charge in [0.15, 0.2) is 0 Å². The maximum Gasteiger partial charge on any atom is 0.320 e. The molecule has 0 aromatic carbocycles. The van der Waals surface area contributed by atoms with Crippen LogP contribution in [0.5, 0.6) is 0 Å². The predicted octanol–water partition coefficient (Wildman–Crippen LogP) is 1.16. The van der Waals surface area contributed by atoms with Crippen molar-refractivity contribution in [1.29, 1.82) is 0 Å². The second-order valence-electron chi connectivity index (χ2n) is 2.37. The summed E-state index contributed by atoms with van der Waals surface area (Å²) < 4.78 is 2.74. The van der Waals surface area contributed by atoms with Crippen LogP contribution in [0.1, 0.15) is 13.3 Å². The number of aryl methyl sites for hydroxylation is 1. The Bertz CT molecular complexity index is 215. The lowest BCUT2D eigenvalue weighted by atomic mass is 10.6. The third kappa shape index (κ3) is 1.89. The number of imidazole rings is 1. The molecule has 0 spiro atoms. The minimum absolute atomic E-state index is 0.770. The molecule has 11 heavy (non-hydrogen) atoms. The lowest BCUT2D eigenvalue weighted by Crippen LogP contribution is -2.26. The van der Waals surface area contributed by atoms with Gasteiger partial charge in [0.05, 0.1) is 7.05 Å². The van der Waals surface area contributed by atoms with Crippen molar-refractivity contribution in [1.82, 2.24) is 4.57 Å². The molecule has 0 atom stereocenters. The average molecular weight is 172 g/mol. The zero-order chi connectivity index (χ0) is 8.27. The lowest BCUT2D eigenvalue weighted by Gasteiger charge is -2.00. The third-order valence-electron chi connectivity index (χ3n) is 1.35. The molecule has 3 nitrogen and oxygen atoms in total. The van der Waals surface area contributed by atoms with Gasteiger partial charge >= 0.3 is 5.16 Å². The Balaban J connectivity index is 2.67. The summed E-state index contributed by atoms with van der Waals surface area (Å²) in [4.78, 5) is 0. The van der Waals surface area contributed by atoms with Crippen molar-refractivity contribution in [2.75, 3.05) is 5.75 Å². The van der Waals surface area contributed by atoms with Gasteiger partial charge in [-0.15, -0.1) is 0 Å². The van der Waals surface area contributed by atoms with Crippen LogP contribution in [0.3, 0.4) is 0 Å². The lowest BCUT2D eigenvalue weighted by molar-refractivity contribution is -0.646. The van der Waals surface area contributed by atoms with Gasteiger partial charge in [-0.05, 0) is 18.2 Å². The number of hydrogen-bond acceptors (Lipinski definition) is 2. The number of nitrogens with zero attached hydrogens (tertiary/aromatic N) is 2. The van der Waals surface area contributed by atoms with Crippen LogP contribution in [-0.4, -0.2) is 10.3 Å². The molecule has 1 aromatic rings. The zero-order valence-electron chi connectivity index (χ0n) is 6.78. The molecule has 0 aliphatic heterocycles. The molecular weight excluding hydrogens is 160 g/mol. The summed E-state index contributed by atoms with van der Waals surface area (Å²) in [7, 11) is 1.88. The van der Waals surface area contributed by atoms with E-state index in [-0.39, 0.29) is 0 Å². The monoisotopic (exact) mass is 172 g/mol. The molecule has 4 heteroatoms. The first kappa shape index (κ1) is 8.46. The molecule has 0 unspecified atom stereocenters. The Hall–Kier alpha value is -0.640. The Kier molecular flexibility index (Phi) is 2.82. The Morgan fingerprint density at radius 2 is 2.45 bits per heavy atom. The minimum Gasteiger partial charge on any atom is -0.710 e. The number of thioether (sulfide) groups is 1. The highest BCUT2D eigenvalue weighted by atomic mass is 32.2. The molecular formula is C7H12N2OS. The van der Waals surface area contributed by atoms with E-state index in [0.717, 1.165) is 22.1 Å². The first-order chi connectivity index (χ1) is 5.25. The molecule has 0 aliphatic rings. The van der Waals surface area contributed by atoms with Crippen LogP contribution in [-0.2, 0) is 7.05 Å². The molecule has 1 heterocycles. The molecule has 0 N–H and O–H groups in total. The number of rotatable bonds is 3. The van der Waals surface area contributed by atoms with Gasteiger partial charge in [0, 0.05) is 5.75 Å². The van der Waals surface area contributed by atoms with Crippen LogP contribution in [0.4, 0.5) is 0 Å². The highest BCUT2D eigenvalue weighted by molar-refractivity contribution is 7.99. The fraction of sp³-hybridized carbons (Fsp3) is 0.571. The molecule has 0 amide bonds. The summed E-state index contributed by atoms with van der Waals surface area (Å²) in [6.45, 7) is 2.10. The summed E-state index contributed by atoms with van der Waals surface area (Å²) >= 11 is 1.59. The van der Waals surface area contributed by atoms with Crippen LogP contribution in [0, 0.1) is 5.21 Å². The molecule has 0 saturated heterocycles. The normalized spacial score (nSPS) is 10.4. The summed E-state index contributed by atoms with van der Waals surface area (Å²) in [5, 5.41) is 11.8. The average Bonchev–Trinajstić information content (AvgIpc) is 2.29. The molecule has 0 radical (unpaired) electrons. The molecule has 1 aromatic heterocycles. The van der Waals surface area contributed by atoms with Gasteiger partial charge in [-0.2, -0.15) is 0 Å². The highest BCUT2D eigenvalue weighted by Crippen LogP contribution is 2.12. The fourth-order valence-electron chi connectivity index (χ4n) is 0.802. The number of aromatic nitrogens is 2. The third-order valence-corrected chi connectivity index (χ3v) is 2.69. The van der Waals surface area contributed by atoms with Crippen LogP contribution < -0.4 is 4.73 Å². The van der Waals surface area contributed by atoms with Gasteiger partial charge in [0.25, 0.3) is 0 Å². The summed E-state index contributed by atoms with van der Waals surface area (Å²) in [6, 6.07) is 0. The van der Waals surface area contributed by atoms with E-state index < -0.39 is 0 Å². The van der Waals surface area contributed by atoms with E-state index in [1.807, 2.05) is 11.6 Å². The Morgan fingerprint density at radius 3 is 2.91 bits per heavy atom. The smallest absolute Gasteiger partial charge is 0.320 e. The van der Waals surface area contributed by atoms with E-state index in [4.69, 9.17) is 0 Å². The van der Waals surface area contributed by atoms with Gasteiger partial charge in [0.1, 0.15) is 12.4 Å². The van der Waals surface area contributed by atoms with Gasteiger partial charge < -0.3 is 5.21 Å². The van der Waals surface area contributed by atoms with Crippen LogP contribution in [0.2, 0.25) is 0 Å². The van der Waals surface area contributed by atoms with Gasteiger partial charge in [0.2, 0.25) is 0 Å². The first-order valence-electron chi connectivity index (χ1n) is 3.63. The zero-order valence-corrected chi connectivity index (χ0v) is 7.60. The van der Waals surface area contributed by atoms with Gasteiger partial charge in [-0.1, -0.05) is 6.92 Å². The van der Waals surface area contributed by atoms with Crippen molar-refractivity contribution in [3.05, 3.63) is 17.6 Å². The topological polar surface area (TPSA) is 31.9 Å². The largest absolute Gasteiger partial charge is 0.710 e. The van der Waals surface area contributed by atoms with Crippen molar-refractivity contribution in [2.45, 2.75) is 18.5 Å². The van der Waals surface area contributed by atoms with Crippen molar-refractivity contribution in [2.24, 2.45) is 7.05 Å². The van der Waals surface area contributed by atoms with E-state index in [1.165, 1.54) is 6.20 Å². The minimum atomic E-state index is 0.770. The molecule has 0 saturated carbocycles. The van der Waals surface area contributed by atoms with Crippen LogP contribution in [0.15, 0.2) is 17.6 Å². The first-order valence-corrected chi connectivity index (χ1v) is 4.61. The Morgan fingerprint density at radius 1 is 1.73 bits per heavy atom. The SMILES string of the molecule is CCCSc1n(C)cc[n+]1[O-]. The maximum absolute atomic E-state index is 11.0. The van der Waals surface area contributed by atoms with Crippen molar-refractivity contribution < 1.29 is 4.73 Å². The van der Waals surface area contributed by atoms with E-state index in [2.05, 4.69) is 6.92 Å². The molecule has 0 bridgehead atoms. The number of hydrogen-bond donors (Lipinski definition) is 0. The molecule has 62 valence electrons. The fourth-order valence-corrected chi connectivity index (χ4v) is 1.64. The highest BCUT2D eigenvalue weighted by Gasteiger charge is 2.08. The maximum atomic E-state index is 11.0. The summed E-state index contributed by atoms with van der Waals surface area (Å²) in [6.07, 6.45) is 4.39. The van der Waals surface area contributed by atoms with E-state index in [0.29, 0.717) is 0 Å². The second-order valence-corrected chi connectivity index (χ2v) is 3.43. The standard InChI is InChI=1S/C7H12N2OS/c1-3-6-11-7-8(2)4-5-9(7)10/h4-5H,3,6H2,1-2H3. The predicted molar refractivity (Wildman–Crippen MR) is 45.4 cm³/mol. The van der Waals surface area contributed by atoms with Crippen LogP contribution in [0.25, 0.3) is 0 Å². The van der Waals surface area contributed by atoms with Crippen molar-refractivity contribution in [3.8, 4) is 0 Å². The summed E-state index contributed by atoms with van der Waals surface area (Å²) in [5.41, 5.74) is 0. The van der Waals surface area contributed by atoms with Crippen molar-refractivity contribution >= 4 is 11.8 Å². The quantitative estimate of drug-likeness (QED) is 0.389. The van der Waals surface area contributed by atoms with Gasteiger partial charge in [-0.3, -0.25) is 0 Å². The van der Waals surface area contributed by atoms with E-state index >= 15 is 0 Å².